The van der Waals surface area contributed by atoms with Crippen molar-refractivity contribution in [3.8, 4) is 0 Å². The number of carbonyl (C=O) groups excluding carboxylic acids is 2. The number of nitrogens with zero attached hydrogens (tertiary/aromatic N) is 4. The first-order chi connectivity index (χ1) is 13.9. The molecule has 0 spiro atoms. The molecule has 0 aliphatic heterocycles. The van der Waals surface area contributed by atoms with Crippen molar-refractivity contribution in [2.45, 2.75) is 25.4 Å². The minimum Gasteiger partial charge on any atom is -0.349 e. The van der Waals surface area contributed by atoms with Crippen molar-refractivity contribution in [1.82, 2.24) is 24.0 Å². The summed E-state index contributed by atoms with van der Waals surface area (Å²) in [6.45, 7) is -0.192. The summed E-state index contributed by atoms with van der Waals surface area (Å²) in [7, 11) is 2.88. The maximum Gasteiger partial charge on any atom is 0.332 e. The van der Waals surface area contributed by atoms with Crippen LogP contribution < -0.4 is 21.9 Å². The summed E-state index contributed by atoms with van der Waals surface area (Å²) in [4.78, 5) is 53.6. The van der Waals surface area contributed by atoms with Gasteiger partial charge in [0.05, 0.1) is 17.6 Å². The number of aromatic nitrogens is 4. The Labute approximate surface area is 164 Å². The second-order valence-corrected chi connectivity index (χ2v) is 7.09. The minimum atomic E-state index is -0.530. The van der Waals surface area contributed by atoms with E-state index in [4.69, 9.17) is 0 Å². The third-order valence-corrected chi connectivity index (χ3v) is 4.89. The lowest BCUT2D eigenvalue weighted by molar-refractivity contribution is -0.116. The SMILES string of the molecule is Cn1c(=O)c2c(ncn2CC(=O)Nc2ccccc2C(=O)NC2CC2)n(C)c1=O. The molecule has 1 saturated carbocycles. The van der Waals surface area contributed by atoms with Gasteiger partial charge in [-0.1, -0.05) is 12.1 Å². The molecule has 2 heterocycles. The summed E-state index contributed by atoms with van der Waals surface area (Å²) < 4.78 is 3.61. The van der Waals surface area contributed by atoms with Crippen LogP contribution in [0, 0.1) is 0 Å². The van der Waals surface area contributed by atoms with E-state index in [0.717, 1.165) is 17.4 Å². The molecule has 0 saturated heterocycles. The molecule has 0 atom stereocenters. The number of rotatable bonds is 5. The van der Waals surface area contributed by atoms with Crippen LogP contribution in [0.4, 0.5) is 5.69 Å². The van der Waals surface area contributed by atoms with E-state index in [-0.39, 0.29) is 29.7 Å². The number of hydrogen-bond donors (Lipinski definition) is 2. The molecule has 150 valence electrons. The molecule has 1 aromatic carbocycles. The number of aryl methyl sites for hydroxylation is 1. The first-order valence-electron chi connectivity index (χ1n) is 9.17. The number of benzene rings is 1. The van der Waals surface area contributed by atoms with Crippen LogP contribution in [-0.2, 0) is 25.4 Å². The maximum absolute atomic E-state index is 12.6. The lowest BCUT2D eigenvalue weighted by Gasteiger charge is -2.12. The van der Waals surface area contributed by atoms with E-state index in [0.29, 0.717) is 11.3 Å². The van der Waals surface area contributed by atoms with Gasteiger partial charge < -0.3 is 15.2 Å². The van der Waals surface area contributed by atoms with Gasteiger partial charge in [0.1, 0.15) is 6.54 Å². The van der Waals surface area contributed by atoms with Crippen LogP contribution in [0.3, 0.4) is 0 Å². The molecule has 2 amide bonds. The lowest BCUT2D eigenvalue weighted by Crippen LogP contribution is -2.37. The van der Waals surface area contributed by atoms with Crippen LogP contribution in [0.5, 0.6) is 0 Å². The molecule has 3 aromatic rings. The highest BCUT2D eigenvalue weighted by molar-refractivity contribution is 6.04. The molecule has 0 bridgehead atoms. The highest BCUT2D eigenvalue weighted by Crippen LogP contribution is 2.21. The number of fused-ring (bicyclic) bond motifs is 1. The maximum atomic E-state index is 12.6. The zero-order valence-electron chi connectivity index (χ0n) is 16.0. The molecule has 1 aliphatic carbocycles. The summed E-state index contributed by atoms with van der Waals surface area (Å²) >= 11 is 0. The second kappa shape index (κ2) is 7.04. The van der Waals surface area contributed by atoms with Gasteiger partial charge in [0.2, 0.25) is 5.91 Å². The highest BCUT2D eigenvalue weighted by atomic mass is 16.2. The third-order valence-electron chi connectivity index (χ3n) is 4.89. The standard InChI is InChI=1S/C19H20N6O4/c1-23-16-15(18(28)24(2)19(23)29)25(10-20-16)9-14(26)22-13-6-4-3-5-12(13)17(27)21-11-7-8-11/h3-6,10-11H,7-9H2,1-2H3,(H,21,27)(H,22,26). The summed E-state index contributed by atoms with van der Waals surface area (Å²) in [5.41, 5.74) is 0.104. The smallest absolute Gasteiger partial charge is 0.332 e. The van der Waals surface area contributed by atoms with Crippen molar-refractivity contribution in [2.75, 3.05) is 5.32 Å². The van der Waals surface area contributed by atoms with Crippen LogP contribution in [0.15, 0.2) is 40.2 Å². The summed E-state index contributed by atoms with van der Waals surface area (Å²) in [6.07, 6.45) is 3.27. The fraction of sp³-hybridized carbons (Fsp3) is 0.316. The monoisotopic (exact) mass is 396 g/mol. The van der Waals surface area contributed by atoms with Crippen molar-refractivity contribution in [3.05, 3.63) is 57.0 Å². The number of amides is 2. The van der Waals surface area contributed by atoms with Crippen molar-refractivity contribution in [3.63, 3.8) is 0 Å². The Bertz CT molecular complexity index is 1250. The average Bonchev–Trinajstić information content (AvgIpc) is 3.42. The van der Waals surface area contributed by atoms with Crippen molar-refractivity contribution in [1.29, 1.82) is 0 Å². The van der Waals surface area contributed by atoms with Gasteiger partial charge in [-0.15, -0.1) is 0 Å². The van der Waals surface area contributed by atoms with E-state index in [9.17, 15) is 19.2 Å². The predicted octanol–water partition coefficient (Wildman–Crippen LogP) is -0.0354. The molecule has 0 radical (unpaired) electrons. The van der Waals surface area contributed by atoms with E-state index in [1.165, 1.54) is 29.6 Å². The zero-order chi connectivity index (χ0) is 20.7. The number of carbonyl (C=O) groups is 2. The highest BCUT2D eigenvalue weighted by Gasteiger charge is 2.25. The van der Waals surface area contributed by atoms with Gasteiger partial charge in [-0.25, -0.2) is 9.78 Å². The zero-order valence-corrected chi connectivity index (χ0v) is 16.0. The number of hydrogen-bond acceptors (Lipinski definition) is 5. The summed E-state index contributed by atoms with van der Waals surface area (Å²) in [5, 5.41) is 5.62. The van der Waals surface area contributed by atoms with E-state index in [2.05, 4.69) is 15.6 Å². The van der Waals surface area contributed by atoms with Gasteiger partial charge in [0, 0.05) is 20.1 Å². The van der Waals surface area contributed by atoms with Crippen LogP contribution >= 0.6 is 0 Å². The largest absolute Gasteiger partial charge is 0.349 e. The predicted molar refractivity (Wildman–Crippen MR) is 106 cm³/mol. The van der Waals surface area contributed by atoms with Crippen LogP contribution in [0.25, 0.3) is 11.2 Å². The molecular formula is C19H20N6O4. The third kappa shape index (κ3) is 3.44. The van der Waals surface area contributed by atoms with Crippen LogP contribution in [0.2, 0.25) is 0 Å². The van der Waals surface area contributed by atoms with Gasteiger partial charge in [-0.05, 0) is 25.0 Å². The van der Waals surface area contributed by atoms with Gasteiger partial charge in [0.25, 0.3) is 11.5 Å². The number of imidazole rings is 1. The lowest BCUT2D eigenvalue weighted by atomic mass is 10.1. The molecule has 10 nitrogen and oxygen atoms in total. The summed E-state index contributed by atoms with van der Waals surface area (Å²) in [6, 6.07) is 6.94. The molecule has 1 aliphatic rings. The first-order valence-corrected chi connectivity index (χ1v) is 9.17. The topological polar surface area (TPSA) is 120 Å². The van der Waals surface area contributed by atoms with Crippen molar-refractivity contribution >= 4 is 28.7 Å². The van der Waals surface area contributed by atoms with Crippen LogP contribution in [-0.4, -0.2) is 36.5 Å². The van der Waals surface area contributed by atoms with Crippen molar-refractivity contribution in [2.24, 2.45) is 14.1 Å². The Balaban J connectivity index is 1.59. The second-order valence-electron chi connectivity index (χ2n) is 7.09. The van der Waals surface area contributed by atoms with Gasteiger partial charge in [0.15, 0.2) is 11.2 Å². The number of nitrogens with one attached hydrogen (secondary N) is 2. The minimum absolute atomic E-state index is 0.157. The Morgan fingerprint density at radius 2 is 1.86 bits per heavy atom. The van der Waals surface area contributed by atoms with E-state index in [1.807, 2.05) is 0 Å². The van der Waals surface area contributed by atoms with E-state index < -0.39 is 17.2 Å². The Morgan fingerprint density at radius 3 is 2.59 bits per heavy atom. The normalized spacial score (nSPS) is 13.4. The van der Waals surface area contributed by atoms with Crippen LogP contribution in [0.1, 0.15) is 23.2 Å². The molecule has 4 rings (SSSR count). The van der Waals surface area contributed by atoms with Crippen molar-refractivity contribution < 1.29 is 9.59 Å². The molecule has 0 unspecified atom stereocenters. The molecular weight excluding hydrogens is 376 g/mol. The summed E-state index contributed by atoms with van der Waals surface area (Å²) in [5.74, 6) is -0.660. The van der Waals surface area contributed by atoms with E-state index in [1.54, 1.807) is 24.3 Å². The number of para-hydroxylation sites is 1. The molecule has 2 aromatic heterocycles. The molecule has 10 heteroatoms. The van der Waals surface area contributed by atoms with Gasteiger partial charge in [-0.3, -0.25) is 23.5 Å². The fourth-order valence-corrected chi connectivity index (χ4v) is 3.14. The molecule has 29 heavy (non-hydrogen) atoms. The first kappa shape index (κ1) is 18.7. The van der Waals surface area contributed by atoms with Gasteiger partial charge >= 0.3 is 5.69 Å². The fourth-order valence-electron chi connectivity index (χ4n) is 3.14. The molecule has 1 fully saturated rings. The Morgan fingerprint density at radius 1 is 1.14 bits per heavy atom. The number of anilines is 1. The Kier molecular flexibility index (Phi) is 4.53. The quantitative estimate of drug-likeness (QED) is 0.627. The molecule has 2 N–H and O–H groups in total. The Hall–Kier alpha value is -3.69. The average molecular weight is 396 g/mol. The van der Waals surface area contributed by atoms with E-state index >= 15 is 0 Å². The van der Waals surface area contributed by atoms with Gasteiger partial charge in [-0.2, -0.15) is 0 Å².